The van der Waals surface area contributed by atoms with Gasteiger partial charge >= 0.3 is 5.89 Å². The minimum absolute atomic E-state index is 0.712. The van der Waals surface area contributed by atoms with Crippen LogP contribution in [0.4, 0.5) is 5.69 Å². The maximum atomic E-state index is 6.06. The molecule has 0 aliphatic carbocycles. The highest BCUT2D eigenvalue weighted by molar-refractivity contribution is 6.31. The van der Waals surface area contributed by atoms with E-state index in [1.54, 1.807) is 0 Å². The molecule has 1 heterocycles. The standard InChI is InChI=1S/C17H15ClN2O/c1-2-20-15-12-13(18)8-9-16(15)21-17(20)10-11-19-14-6-4-3-5-7-14/h3-12H,2H2,1H3/p+1. The van der Waals surface area contributed by atoms with Crippen molar-refractivity contribution in [2.75, 3.05) is 5.32 Å². The van der Waals surface area contributed by atoms with Crippen LogP contribution >= 0.6 is 11.6 Å². The third-order valence-electron chi connectivity index (χ3n) is 3.26. The molecule has 0 fully saturated rings. The smallest absolute Gasteiger partial charge is 0.375 e. The Morgan fingerprint density at radius 3 is 2.76 bits per heavy atom. The minimum atomic E-state index is 0.712. The SMILES string of the molecule is CC[n+]1c(C=CNc2ccccc2)oc2ccc(Cl)cc21. The van der Waals surface area contributed by atoms with Crippen molar-refractivity contribution in [1.29, 1.82) is 0 Å². The lowest BCUT2D eigenvalue weighted by molar-refractivity contribution is -0.674. The highest BCUT2D eigenvalue weighted by Crippen LogP contribution is 2.19. The first kappa shape index (κ1) is 13.7. The minimum Gasteiger partial charge on any atom is -0.398 e. The fourth-order valence-corrected chi connectivity index (χ4v) is 2.43. The number of nitrogens with zero attached hydrogens (tertiary/aromatic N) is 1. The van der Waals surface area contributed by atoms with Crippen molar-refractivity contribution in [3.8, 4) is 0 Å². The molecule has 0 saturated carbocycles. The van der Waals surface area contributed by atoms with Crippen molar-refractivity contribution in [3.05, 3.63) is 65.6 Å². The molecule has 3 aromatic rings. The number of oxazole rings is 1. The van der Waals surface area contributed by atoms with Gasteiger partial charge in [-0.25, -0.2) is 0 Å². The highest BCUT2D eigenvalue weighted by Gasteiger charge is 2.18. The lowest BCUT2D eigenvalue weighted by Gasteiger charge is -1.97. The number of nitrogens with one attached hydrogen (secondary N) is 1. The summed E-state index contributed by atoms with van der Waals surface area (Å²) in [5, 5.41) is 3.93. The van der Waals surface area contributed by atoms with Gasteiger partial charge in [0.05, 0.1) is 6.08 Å². The maximum Gasteiger partial charge on any atom is 0.375 e. The number of aromatic nitrogens is 1. The van der Waals surface area contributed by atoms with Crippen LogP contribution in [-0.4, -0.2) is 0 Å². The Labute approximate surface area is 128 Å². The second kappa shape index (κ2) is 6.02. The second-order valence-electron chi connectivity index (χ2n) is 4.64. The number of hydrogen-bond donors (Lipinski definition) is 1. The molecule has 1 aromatic heterocycles. The number of hydrogen-bond acceptors (Lipinski definition) is 2. The van der Waals surface area contributed by atoms with Gasteiger partial charge in [0.2, 0.25) is 5.58 Å². The van der Waals surface area contributed by atoms with Gasteiger partial charge in [0, 0.05) is 23.0 Å². The van der Waals surface area contributed by atoms with Gasteiger partial charge in [-0.2, -0.15) is 4.57 Å². The molecule has 0 unspecified atom stereocenters. The van der Waals surface area contributed by atoms with Crippen LogP contribution in [0.2, 0.25) is 5.02 Å². The molecule has 0 aliphatic rings. The molecule has 3 nitrogen and oxygen atoms in total. The number of anilines is 1. The molecular weight excluding hydrogens is 284 g/mol. The molecule has 2 aromatic carbocycles. The van der Waals surface area contributed by atoms with E-state index in [9.17, 15) is 0 Å². The highest BCUT2D eigenvalue weighted by atomic mass is 35.5. The molecule has 0 amide bonds. The molecule has 0 atom stereocenters. The summed E-state index contributed by atoms with van der Waals surface area (Å²) in [6.07, 6.45) is 3.80. The van der Waals surface area contributed by atoms with Gasteiger partial charge < -0.3 is 9.73 Å². The molecule has 21 heavy (non-hydrogen) atoms. The van der Waals surface area contributed by atoms with Gasteiger partial charge in [0.1, 0.15) is 6.54 Å². The van der Waals surface area contributed by atoms with Gasteiger partial charge in [-0.1, -0.05) is 29.8 Å². The molecule has 0 spiro atoms. The number of aryl methyl sites for hydroxylation is 1. The number of halogens is 1. The summed E-state index contributed by atoms with van der Waals surface area (Å²) in [6, 6.07) is 15.6. The Morgan fingerprint density at radius 2 is 2.00 bits per heavy atom. The van der Waals surface area contributed by atoms with E-state index in [0.717, 1.165) is 29.2 Å². The number of benzene rings is 2. The zero-order valence-electron chi connectivity index (χ0n) is 11.7. The first-order chi connectivity index (χ1) is 10.3. The summed E-state index contributed by atoms with van der Waals surface area (Å²) in [6.45, 7) is 2.90. The quantitative estimate of drug-likeness (QED) is 0.720. The average molecular weight is 300 g/mol. The van der Waals surface area contributed by atoms with E-state index >= 15 is 0 Å². The fourth-order valence-electron chi connectivity index (χ4n) is 2.27. The molecule has 1 N–H and O–H groups in total. The van der Waals surface area contributed by atoms with Crippen molar-refractivity contribution in [2.45, 2.75) is 13.5 Å². The zero-order valence-corrected chi connectivity index (χ0v) is 12.5. The number of fused-ring (bicyclic) bond motifs is 1. The molecule has 0 radical (unpaired) electrons. The molecule has 106 valence electrons. The van der Waals surface area contributed by atoms with Crippen LogP contribution < -0.4 is 9.88 Å². The molecule has 0 aliphatic heterocycles. The van der Waals surface area contributed by atoms with Crippen molar-refractivity contribution >= 4 is 34.5 Å². The van der Waals surface area contributed by atoms with E-state index in [4.69, 9.17) is 16.0 Å². The summed E-state index contributed by atoms with van der Waals surface area (Å²) in [5.41, 5.74) is 2.88. The molecule has 3 rings (SSSR count). The van der Waals surface area contributed by atoms with Gasteiger partial charge in [0.15, 0.2) is 0 Å². The largest absolute Gasteiger partial charge is 0.398 e. The zero-order chi connectivity index (χ0) is 14.7. The summed E-state index contributed by atoms with van der Waals surface area (Å²) in [5.74, 6) is 0.790. The topological polar surface area (TPSA) is 29.1 Å². The fraction of sp³-hybridized carbons (Fsp3) is 0.118. The summed E-state index contributed by atoms with van der Waals surface area (Å²) < 4.78 is 7.95. The molecule has 0 bridgehead atoms. The Bertz CT molecular complexity index is 778. The Balaban J connectivity index is 1.89. The van der Waals surface area contributed by atoms with Crippen molar-refractivity contribution < 1.29 is 8.98 Å². The van der Waals surface area contributed by atoms with E-state index in [0.29, 0.717) is 5.02 Å². The third-order valence-corrected chi connectivity index (χ3v) is 3.49. The maximum absolute atomic E-state index is 6.06. The third kappa shape index (κ3) is 2.93. The summed E-state index contributed by atoms with van der Waals surface area (Å²) >= 11 is 6.06. The van der Waals surface area contributed by atoms with Crippen LogP contribution in [-0.2, 0) is 6.54 Å². The van der Waals surface area contributed by atoms with Crippen molar-refractivity contribution in [2.24, 2.45) is 0 Å². The van der Waals surface area contributed by atoms with Gasteiger partial charge in [-0.05, 0) is 31.2 Å². The lowest BCUT2D eigenvalue weighted by atomic mass is 10.3. The monoisotopic (exact) mass is 299 g/mol. The van der Waals surface area contributed by atoms with Gasteiger partial charge in [0.25, 0.3) is 5.52 Å². The van der Waals surface area contributed by atoms with Crippen LogP contribution in [0.1, 0.15) is 12.8 Å². The molecule has 0 saturated heterocycles. The molecular formula is C17H16ClN2O+. The van der Waals surface area contributed by atoms with E-state index in [2.05, 4.69) is 16.8 Å². The predicted octanol–water partition coefficient (Wildman–Crippen LogP) is 4.48. The predicted molar refractivity (Wildman–Crippen MR) is 86.2 cm³/mol. The van der Waals surface area contributed by atoms with Crippen LogP contribution in [0, 0.1) is 0 Å². The van der Waals surface area contributed by atoms with Crippen LogP contribution in [0.5, 0.6) is 0 Å². The van der Waals surface area contributed by atoms with Gasteiger partial charge in [-0.3, -0.25) is 0 Å². The van der Waals surface area contributed by atoms with E-state index in [1.807, 2.05) is 60.8 Å². The molecule has 4 heteroatoms. The van der Waals surface area contributed by atoms with E-state index in [-0.39, 0.29) is 0 Å². The first-order valence-corrected chi connectivity index (χ1v) is 7.26. The van der Waals surface area contributed by atoms with Gasteiger partial charge in [-0.15, -0.1) is 0 Å². The average Bonchev–Trinajstić information content (AvgIpc) is 2.85. The van der Waals surface area contributed by atoms with Crippen molar-refractivity contribution in [3.63, 3.8) is 0 Å². The van der Waals surface area contributed by atoms with E-state index < -0.39 is 0 Å². The van der Waals surface area contributed by atoms with Crippen LogP contribution in [0.3, 0.4) is 0 Å². The summed E-state index contributed by atoms with van der Waals surface area (Å²) in [7, 11) is 0. The Morgan fingerprint density at radius 1 is 1.19 bits per heavy atom. The lowest BCUT2D eigenvalue weighted by Crippen LogP contribution is -2.33. The number of rotatable bonds is 4. The Hall–Kier alpha value is -2.26. The first-order valence-electron chi connectivity index (χ1n) is 6.88. The normalized spacial score (nSPS) is 11.3. The van der Waals surface area contributed by atoms with Crippen molar-refractivity contribution in [1.82, 2.24) is 0 Å². The Kier molecular flexibility index (Phi) is 3.93. The number of para-hydroxylation sites is 1. The summed E-state index contributed by atoms with van der Waals surface area (Å²) in [4.78, 5) is 0. The second-order valence-corrected chi connectivity index (χ2v) is 5.08. The van der Waals surface area contributed by atoms with E-state index in [1.165, 1.54) is 0 Å². The van der Waals surface area contributed by atoms with Crippen LogP contribution in [0.25, 0.3) is 17.2 Å². The van der Waals surface area contributed by atoms with Crippen LogP contribution in [0.15, 0.2) is 59.1 Å².